The molecule has 2 aliphatic rings. The molecule has 0 fully saturated rings. The van der Waals surface area contributed by atoms with Crippen LogP contribution in [0.15, 0.2) is 83.9 Å². The summed E-state index contributed by atoms with van der Waals surface area (Å²) in [5.41, 5.74) is 1.67. The lowest BCUT2D eigenvalue weighted by Gasteiger charge is -2.20. The summed E-state index contributed by atoms with van der Waals surface area (Å²) in [6.07, 6.45) is 3.10. The minimum absolute atomic E-state index is 0.0325. The maximum atomic E-state index is 13.0. The second kappa shape index (κ2) is 6.53. The fourth-order valence-electron chi connectivity index (χ4n) is 4.48. The van der Waals surface area contributed by atoms with Gasteiger partial charge in [0.2, 0.25) is 23.1 Å². The van der Waals surface area contributed by atoms with Crippen molar-refractivity contribution >= 4 is 56.8 Å². The van der Waals surface area contributed by atoms with Crippen molar-refractivity contribution in [3.63, 3.8) is 0 Å². The predicted molar refractivity (Wildman–Crippen MR) is 123 cm³/mol. The number of fused-ring (bicyclic) bond motifs is 4. The lowest BCUT2D eigenvalue weighted by atomic mass is 9.79. The van der Waals surface area contributed by atoms with Crippen LogP contribution in [0.4, 0.5) is 0 Å². The third kappa shape index (κ3) is 2.56. The van der Waals surface area contributed by atoms with Crippen LogP contribution in [-0.2, 0) is 9.59 Å². The fourth-order valence-corrected chi connectivity index (χ4v) is 4.48. The largest absolute Gasteiger partial charge is 0.285 e. The summed E-state index contributed by atoms with van der Waals surface area (Å²) in [6, 6.07) is 22.1. The molecule has 32 heavy (non-hydrogen) atoms. The number of hydrogen-bond acceptors (Lipinski definition) is 4. The van der Waals surface area contributed by atoms with Crippen LogP contribution in [0.1, 0.15) is 31.8 Å². The van der Waals surface area contributed by atoms with Gasteiger partial charge in [0.1, 0.15) is 0 Å². The Balaban J connectivity index is 1.57. The van der Waals surface area contributed by atoms with E-state index in [4.69, 9.17) is 0 Å². The molecule has 4 aromatic carbocycles. The van der Waals surface area contributed by atoms with Crippen LogP contribution in [0, 0.1) is 0 Å². The Kier molecular flexibility index (Phi) is 3.74. The molecule has 4 nitrogen and oxygen atoms in total. The van der Waals surface area contributed by atoms with Gasteiger partial charge in [-0.25, -0.2) is 0 Å². The van der Waals surface area contributed by atoms with Gasteiger partial charge in [-0.2, -0.15) is 0 Å². The van der Waals surface area contributed by atoms with Gasteiger partial charge in [0.05, 0.1) is 0 Å². The zero-order valence-electron chi connectivity index (χ0n) is 16.7. The van der Waals surface area contributed by atoms with Gasteiger partial charge in [0.15, 0.2) is 0 Å². The van der Waals surface area contributed by atoms with Crippen LogP contribution >= 0.6 is 0 Å². The predicted octanol–water partition coefficient (Wildman–Crippen LogP) is 4.99. The summed E-state index contributed by atoms with van der Waals surface area (Å²) in [5, 5.41) is 3.54. The van der Waals surface area contributed by atoms with Gasteiger partial charge in [-0.05, 0) is 69.1 Å². The fraction of sp³-hybridized carbons (Fsp3) is 0. The Labute approximate surface area is 182 Å². The van der Waals surface area contributed by atoms with E-state index in [1.165, 1.54) is 0 Å². The van der Waals surface area contributed by atoms with Crippen LogP contribution < -0.4 is 0 Å². The standard InChI is InChI=1S/C28H14O4/c29-25-21-11-17-7-3-1-5-15(17)9-19(21)13-23(27(25)31)24-14-20-10-16-6-2-4-8-18(16)12-22(20)26(30)28(24)32/h1-14H. The van der Waals surface area contributed by atoms with Crippen LogP contribution in [0.25, 0.3) is 33.7 Å². The lowest BCUT2D eigenvalue weighted by Crippen LogP contribution is -2.29. The minimum Gasteiger partial charge on any atom is -0.285 e. The van der Waals surface area contributed by atoms with Gasteiger partial charge in [-0.1, -0.05) is 48.5 Å². The number of hydrogen-bond donors (Lipinski definition) is 0. The molecule has 0 radical (unpaired) electrons. The first kappa shape index (κ1) is 18.3. The SMILES string of the molecule is O=C1C(=O)c2cc3ccccc3cc2C=C1C1=Cc2cc3ccccc3cc2C(=O)C1=O. The van der Waals surface area contributed by atoms with E-state index in [2.05, 4.69) is 0 Å². The van der Waals surface area contributed by atoms with Crippen LogP contribution in [0.5, 0.6) is 0 Å². The molecule has 4 aromatic rings. The molecule has 0 aliphatic heterocycles. The quantitative estimate of drug-likeness (QED) is 0.412. The molecule has 0 amide bonds. The summed E-state index contributed by atoms with van der Waals surface area (Å²) in [4.78, 5) is 51.8. The number of Topliss-reactive ketones (excluding diaryl/α,β-unsaturated/α-hetero) is 4. The average molecular weight is 414 g/mol. The summed E-state index contributed by atoms with van der Waals surface area (Å²) < 4.78 is 0. The molecule has 2 aliphatic carbocycles. The van der Waals surface area contributed by atoms with Crippen molar-refractivity contribution in [2.24, 2.45) is 0 Å². The monoisotopic (exact) mass is 414 g/mol. The second-order valence-electron chi connectivity index (χ2n) is 8.01. The first-order chi connectivity index (χ1) is 15.5. The van der Waals surface area contributed by atoms with Crippen LogP contribution in [-0.4, -0.2) is 23.1 Å². The van der Waals surface area contributed by atoms with Crippen molar-refractivity contribution in [3.05, 3.63) is 106 Å². The zero-order chi connectivity index (χ0) is 22.0. The number of carbonyl (C=O) groups is 4. The molecular weight excluding hydrogens is 400 g/mol. The second-order valence-corrected chi connectivity index (χ2v) is 8.01. The Morgan fingerprint density at radius 3 is 1.12 bits per heavy atom. The van der Waals surface area contributed by atoms with Gasteiger partial charge in [-0.3, -0.25) is 19.2 Å². The molecule has 6 rings (SSSR count). The summed E-state index contributed by atoms with van der Waals surface area (Å²) in [7, 11) is 0. The van der Waals surface area contributed by atoms with Gasteiger partial charge >= 0.3 is 0 Å². The Bertz CT molecular complexity index is 1510. The summed E-state index contributed by atoms with van der Waals surface area (Å²) in [6.45, 7) is 0. The molecule has 0 saturated heterocycles. The van der Waals surface area contributed by atoms with E-state index >= 15 is 0 Å². The van der Waals surface area contributed by atoms with Crippen molar-refractivity contribution in [1.29, 1.82) is 0 Å². The number of rotatable bonds is 1. The molecule has 0 atom stereocenters. The van der Waals surface area contributed by atoms with Crippen LogP contribution in [0.2, 0.25) is 0 Å². The smallest absolute Gasteiger partial charge is 0.234 e. The third-order valence-electron chi connectivity index (χ3n) is 6.12. The molecule has 0 unspecified atom stereocenters. The number of carbonyl (C=O) groups excluding carboxylic acids is 4. The van der Waals surface area contributed by atoms with Crippen LogP contribution in [0.3, 0.4) is 0 Å². The Hall–Kier alpha value is -4.44. The first-order valence-electron chi connectivity index (χ1n) is 10.2. The normalized spacial score (nSPS) is 15.5. The maximum absolute atomic E-state index is 13.0. The third-order valence-corrected chi connectivity index (χ3v) is 6.12. The number of benzene rings is 4. The minimum atomic E-state index is -0.774. The number of allylic oxidation sites excluding steroid dienone is 2. The molecule has 0 bridgehead atoms. The van der Waals surface area contributed by atoms with Crippen molar-refractivity contribution in [2.75, 3.05) is 0 Å². The summed E-state index contributed by atoms with van der Waals surface area (Å²) in [5.74, 6) is -2.89. The highest BCUT2D eigenvalue weighted by Crippen LogP contribution is 2.34. The van der Waals surface area contributed by atoms with Crippen molar-refractivity contribution in [1.82, 2.24) is 0 Å². The molecule has 0 spiro atoms. The topological polar surface area (TPSA) is 68.3 Å². The maximum Gasteiger partial charge on any atom is 0.234 e. The van der Waals surface area contributed by atoms with Gasteiger partial charge in [0.25, 0.3) is 0 Å². The first-order valence-corrected chi connectivity index (χ1v) is 10.2. The van der Waals surface area contributed by atoms with E-state index in [1.54, 1.807) is 24.3 Å². The molecule has 0 saturated carbocycles. The van der Waals surface area contributed by atoms with Gasteiger partial charge in [0, 0.05) is 22.3 Å². The Morgan fingerprint density at radius 2 is 0.750 bits per heavy atom. The average Bonchev–Trinajstić information content (AvgIpc) is 2.82. The molecule has 0 N–H and O–H groups in total. The van der Waals surface area contributed by atoms with Gasteiger partial charge in [-0.15, -0.1) is 0 Å². The molecule has 0 heterocycles. The van der Waals surface area contributed by atoms with E-state index in [0.29, 0.717) is 22.3 Å². The van der Waals surface area contributed by atoms with E-state index in [-0.39, 0.29) is 11.1 Å². The highest BCUT2D eigenvalue weighted by Gasteiger charge is 2.36. The van der Waals surface area contributed by atoms with E-state index in [0.717, 1.165) is 21.5 Å². The highest BCUT2D eigenvalue weighted by molar-refractivity contribution is 6.59. The molecule has 150 valence electrons. The van der Waals surface area contributed by atoms with E-state index in [9.17, 15) is 19.2 Å². The highest BCUT2D eigenvalue weighted by atomic mass is 16.2. The molecule has 4 heteroatoms. The van der Waals surface area contributed by atoms with E-state index < -0.39 is 23.1 Å². The molecular formula is C28H14O4. The van der Waals surface area contributed by atoms with E-state index in [1.807, 2.05) is 60.7 Å². The van der Waals surface area contributed by atoms with Gasteiger partial charge < -0.3 is 0 Å². The molecule has 0 aromatic heterocycles. The lowest BCUT2D eigenvalue weighted by molar-refractivity contribution is -0.114. The zero-order valence-corrected chi connectivity index (χ0v) is 16.7. The van der Waals surface area contributed by atoms with Crippen molar-refractivity contribution in [3.8, 4) is 0 Å². The van der Waals surface area contributed by atoms with Crippen molar-refractivity contribution in [2.45, 2.75) is 0 Å². The number of ketones is 4. The van der Waals surface area contributed by atoms with Crippen molar-refractivity contribution < 1.29 is 19.2 Å². The summed E-state index contributed by atoms with van der Waals surface area (Å²) >= 11 is 0. The Morgan fingerprint density at radius 1 is 0.406 bits per heavy atom.